The fourth-order valence-corrected chi connectivity index (χ4v) is 4.19. The van der Waals surface area contributed by atoms with Crippen LogP contribution in [0.2, 0.25) is 0 Å². The van der Waals surface area contributed by atoms with Gasteiger partial charge in [-0.3, -0.25) is 5.32 Å². The number of aryl methyl sites for hydroxylation is 1. The lowest BCUT2D eigenvalue weighted by Crippen LogP contribution is -2.21. The number of urea groups is 1. The van der Waals surface area contributed by atoms with Gasteiger partial charge < -0.3 is 15.8 Å². The highest BCUT2D eigenvalue weighted by Gasteiger charge is 2.14. The number of fused-ring (bicyclic) bond motifs is 1. The van der Waals surface area contributed by atoms with Crippen molar-refractivity contribution in [3.8, 4) is 17.2 Å². The molecule has 2 aromatic heterocycles. The number of carbonyl (C=O) groups excluding carboxylic acids is 1. The van der Waals surface area contributed by atoms with Crippen LogP contribution < -0.4 is 21.1 Å². The van der Waals surface area contributed by atoms with Crippen molar-refractivity contribution in [3.05, 3.63) is 94.3 Å². The van der Waals surface area contributed by atoms with Crippen molar-refractivity contribution < 1.29 is 9.53 Å². The second-order valence-corrected chi connectivity index (χ2v) is 8.96. The van der Waals surface area contributed by atoms with E-state index in [1.165, 1.54) is 0 Å². The summed E-state index contributed by atoms with van der Waals surface area (Å²) < 4.78 is 8.51. The van der Waals surface area contributed by atoms with Crippen LogP contribution in [0.4, 0.5) is 22.1 Å². The zero-order chi connectivity index (χ0) is 24.4. The number of rotatable bonds is 5. The lowest BCUT2D eigenvalue weighted by Gasteiger charge is -2.14. The summed E-state index contributed by atoms with van der Waals surface area (Å²) in [5.74, 6) is 2.17. The fourth-order valence-electron chi connectivity index (χ4n) is 3.68. The minimum atomic E-state index is -0.379. The van der Waals surface area contributed by atoms with Gasteiger partial charge in [0.05, 0.1) is 11.4 Å². The molecule has 0 atom stereocenters. The first-order valence-electron chi connectivity index (χ1n) is 10.8. The average molecular weight is 576 g/mol. The summed E-state index contributed by atoms with van der Waals surface area (Å²) in [7, 11) is 0. The number of anilines is 3. The van der Waals surface area contributed by atoms with E-state index in [0.29, 0.717) is 28.8 Å². The maximum absolute atomic E-state index is 13.0. The Morgan fingerprint density at radius 3 is 2.51 bits per heavy atom. The van der Waals surface area contributed by atoms with E-state index in [1.54, 1.807) is 23.0 Å². The van der Waals surface area contributed by atoms with E-state index in [0.717, 1.165) is 25.7 Å². The summed E-state index contributed by atoms with van der Waals surface area (Å²) in [6.07, 6.45) is 1.59. The smallest absolute Gasteiger partial charge is 0.324 e. The Morgan fingerprint density at radius 1 is 0.971 bits per heavy atom. The normalized spacial score (nSPS) is 10.8. The molecule has 0 radical (unpaired) electrons. The summed E-state index contributed by atoms with van der Waals surface area (Å²) >= 11 is 2.13. The SMILES string of the molecule is Cc1ccc(-n2nc(I)cc2NC(=O)Nc2ccc(Oc3ccnc(N)c3)c3ccccc23)cc1. The molecule has 35 heavy (non-hydrogen) atoms. The second-order valence-electron chi connectivity index (χ2n) is 7.85. The molecule has 0 saturated heterocycles. The molecule has 0 aliphatic rings. The molecule has 5 rings (SSSR count). The zero-order valence-corrected chi connectivity index (χ0v) is 20.9. The predicted octanol–water partition coefficient (Wildman–Crippen LogP) is 6.35. The quantitative estimate of drug-likeness (QED) is 0.212. The van der Waals surface area contributed by atoms with E-state index < -0.39 is 0 Å². The molecule has 8 nitrogen and oxygen atoms in total. The first-order valence-corrected chi connectivity index (χ1v) is 11.9. The van der Waals surface area contributed by atoms with E-state index in [1.807, 2.05) is 73.7 Å². The van der Waals surface area contributed by atoms with Crippen molar-refractivity contribution in [2.45, 2.75) is 6.92 Å². The number of hydrogen-bond acceptors (Lipinski definition) is 5. The first-order chi connectivity index (χ1) is 17.0. The van der Waals surface area contributed by atoms with Crippen molar-refractivity contribution in [3.63, 3.8) is 0 Å². The van der Waals surface area contributed by atoms with Crippen LogP contribution in [0.15, 0.2) is 85.1 Å². The minimum absolute atomic E-state index is 0.376. The van der Waals surface area contributed by atoms with Crippen LogP contribution in [0, 0.1) is 10.6 Å². The van der Waals surface area contributed by atoms with Gasteiger partial charge in [-0.25, -0.2) is 14.5 Å². The van der Waals surface area contributed by atoms with Gasteiger partial charge in [-0.1, -0.05) is 42.0 Å². The largest absolute Gasteiger partial charge is 0.457 e. The number of nitrogens with two attached hydrogens (primary N) is 1. The Hall–Kier alpha value is -4.12. The van der Waals surface area contributed by atoms with Gasteiger partial charge in [0.2, 0.25) is 0 Å². The number of amides is 2. The molecule has 0 aliphatic heterocycles. The van der Waals surface area contributed by atoms with Crippen molar-refractivity contribution in [1.29, 1.82) is 0 Å². The number of nitrogen functional groups attached to an aromatic ring is 1. The van der Waals surface area contributed by atoms with Crippen LogP contribution in [0.5, 0.6) is 11.5 Å². The topological polar surface area (TPSA) is 107 Å². The summed E-state index contributed by atoms with van der Waals surface area (Å²) in [4.78, 5) is 17.0. The number of ether oxygens (including phenoxy) is 1. The molecular formula is C26H21IN6O2. The summed E-state index contributed by atoms with van der Waals surface area (Å²) in [6.45, 7) is 2.02. The van der Waals surface area contributed by atoms with Crippen LogP contribution in [-0.4, -0.2) is 20.8 Å². The van der Waals surface area contributed by atoms with Gasteiger partial charge in [0, 0.05) is 29.1 Å². The molecule has 5 aromatic rings. The van der Waals surface area contributed by atoms with E-state index in [2.05, 4.69) is 43.3 Å². The Balaban J connectivity index is 1.40. The second kappa shape index (κ2) is 9.63. The number of nitrogens with one attached hydrogen (secondary N) is 2. The summed E-state index contributed by atoms with van der Waals surface area (Å²) in [6, 6.07) is 24.1. The number of aromatic nitrogens is 3. The third-order valence-corrected chi connectivity index (χ3v) is 5.84. The molecule has 3 aromatic carbocycles. The molecule has 2 amide bonds. The molecule has 2 heterocycles. The van der Waals surface area contributed by atoms with E-state index >= 15 is 0 Å². The molecule has 0 saturated carbocycles. The van der Waals surface area contributed by atoms with Gasteiger partial charge in [0.15, 0.2) is 0 Å². The Bertz CT molecular complexity index is 1530. The highest BCUT2D eigenvalue weighted by atomic mass is 127. The number of halogens is 1. The molecule has 174 valence electrons. The lowest BCUT2D eigenvalue weighted by molar-refractivity contribution is 0.262. The average Bonchev–Trinajstić information content (AvgIpc) is 3.21. The standard InChI is InChI=1S/C26H21IN6O2/c1-16-6-8-17(9-7-16)33-25(15-23(27)32-33)31-26(34)30-21-10-11-22(20-5-3-2-4-19(20)21)35-18-12-13-29-24(28)14-18/h2-15H,1H3,(H2,28,29)(H2,30,31,34). The lowest BCUT2D eigenvalue weighted by atomic mass is 10.1. The van der Waals surface area contributed by atoms with Crippen molar-refractivity contribution in [2.24, 2.45) is 0 Å². The van der Waals surface area contributed by atoms with Gasteiger partial charge >= 0.3 is 6.03 Å². The van der Waals surface area contributed by atoms with Gasteiger partial charge in [0.1, 0.15) is 26.8 Å². The first kappa shape index (κ1) is 22.7. The van der Waals surface area contributed by atoms with Crippen molar-refractivity contribution in [1.82, 2.24) is 14.8 Å². The molecule has 0 aliphatic carbocycles. The van der Waals surface area contributed by atoms with Gasteiger partial charge in [-0.2, -0.15) is 5.10 Å². The third kappa shape index (κ3) is 5.04. The molecular weight excluding hydrogens is 555 g/mol. The van der Waals surface area contributed by atoms with Crippen molar-refractivity contribution in [2.75, 3.05) is 16.4 Å². The minimum Gasteiger partial charge on any atom is -0.457 e. The molecule has 4 N–H and O–H groups in total. The maximum Gasteiger partial charge on any atom is 0.324 e. The molecule has 0 fully saturated rings. The Kier molecular flexibility index (Phi) is 6.23. The molecule has 0 unspecified atom stereocenters. The monoisotopic (exact) mass is 576 g/mol. The van der Waals surface area contributed by atoms with Gasteiger partial charge in [-0.15, -0.1) is 0 Å². The summed E-state index contributed by atoms with van der Waals surface area (Å²) in [5.41, 5.74) is 8.43. The van der Waals surface area contributed by atoms with Gasteiger partial charge in [-0.05, 0) is 59.8 Å². The molecule has 9 heteroatoms. The van der Waals surface area contributed by atoms with E-state index in [4.69, 9.17) is 10.5 Å². The number of benzene rings is 3. The van der Waals surface area contributed by atoms with Crippen LogP contribution in [0.1, 0.15) is 5.56 Å². The summed E-state index contributed by atoms with van der Waals surface area (Å²) in [5, 5.41) is 12.1. The Morgan fingerprint density at radius 2 is 1.74 bits per heavy atom. The molecule has 0 spiro atoms. The Labute approximate surface area is 215 Å². The van der Waals surface area contributed by atoms with Crippen LogP contribution in [0.25, 0.3) is 16.5 Å². The highest BCUT2D eigenvalue weighted by molar-refractivity contribution is 14.1. The van der Waals surface area contributed by atoms with E-state index in [9.17, 15) is 4.79 Å². The molecule has 0 bridgehead atoms. The van der Waals surface area contributed by atoms with Crippen LogP contribution in [0.3, 0.4) is 0 Å². The van der Waals surface area contributed by atoms with Crippen LogP contribution in [-0.2, 0) is 0 Å². The zero-order valence-electron chi connectivity index (χ0n) is 18.7. The predicted molar refractivity (Wildman–Crippen MR) is 146 cm³/mol. The van der Waals surface area contributed by atoms with E-state index in [-0.39, 0.29) is 6.03 Å². The number of hydrogen-bond donors (Lipinski definition) is 3. The number of nitrogens with zero attached hydrogens (tertiary/aromatic N) is 3. The number of carbonyl (C=O) groups is 1. The fraction of sp³-hybridized carbons (Fsp3) is 0.0385. The number of pyridine rings is 1. The maximum atomic E-state index is 13.0. The third-order valence-electron chi connectivity index (χ3n) is 5.31. The highest BCUT2D eigenvalue weighted by Crippen LogP contribution is 2.34. The van der Waals surface area contributed by atoms with Crippen molar-refractivity contribution >= 4 is 56.7 Å². The van der Waals surface area contributed by atoms with Crippen LogP contribution >= 0.6 is 22.6 Å². The van der Waals surface area contributed by atoms with Gasteiger partial charge in [0.25, 0.3) is 0 Å².